The first-order valence-corrected chi connectivity index (χ1v) is 13.3. The second-order valence-electron chi connectivity index (χ2n) is 11.1. The zero-order valence-electron chi connectivity index (χ0n) is 23.9. The van der Waals surface area contributed by atoms with Gasteiger partial charge < -0.3 is 19.3 Å². The quantitative estimate of drug-likeness (QED) is 0.374. The number of pyridine rings is 1. The lowest BCUT2D eigenvalue weighted by molar-refractivity contribution is -0.0762. The van der Waals surface area contributed by atoms with E-state index in [0.717, 1.165) is 33.5 Å². The number of allylic oxidation sites excluding steroid dienone is 4. The summed E-state index contributed by atoms with van der Waals surface area (Å²) in [6, 6.07) is 11.5. The van der Waals surface area contributed by atoms with Crippen LogP contribution in [0.1, 0.15) is 71.7 Å². The molecule has 0 radical (unpaired) electrons. The Hall–Kier alpha value is -3.38. The van der Waals surface area contributed by atoms with E-state index in [1.54, 1.807) is 29.4 Å². The lowest BCUT2D eigenvalue weighted by Gasteiger charge is -2.45. The van der Waals surface area contributed by atoms with Crippen LogP contribution < -0.4 is 5.56 Å². The largest absolute Gasteiger partial charge is 0.438 e. The number of hydrogen-bond acceptors (Lipinski definition) is 4. The number of ether oxygens (including phenoxy) is 1. The molecule has 204 valence electrons. The Kier molecular flexibility index (Phi) is 8.88. The Labute approximate surface area is 226 Å². The Bertz CT molecular complexity index is 1290. The maximum atomic E-state index is 13.3. The summed E-state index contributed by atoms with van der Waals surface area (Å²) in [6.07, 6.45) is 6.22. The number of nitrogens with zero attached hydrogens (tertiary/aromatic N) is 2. The highest BCUT2D eigenvalue weighted by Crippen LogP contribution is 2.40. The van der Waals surface area contributed by atoms with Crippen molar-refractivity contribution < 1.29 is 14.6 Å². The molecule has 6 nitrogen and oxygen atoms in total. The Morgan fingerprint density at radius 3 is 2.37 bits per heavy atom. The van der Waals surface area contributed by atoms with Gasteiger partial charge in [0, 0.05) is 37.7 Å². The summed E-state index contributed by atoms with van der Waals surface area (Å²) in [5.74, 6) is 0. The van der Waals surface area contributed by atoms with Gasteiger partial charge in [-0.2, -0.15) is 0 Å². The highest BCUT2D eigenvalue weighted by atomic mass is 16.6. The molecule has 1 aliphatic rings. The number of aromatic nitrogens is 1. The number of carbonyl (C=O) groups is 1. The minimum Gasteiger partial charge on any atom is -0.438 e. The predicted molar refractivity (Wildman–Crippen MR) is 154 cm³/mol. The monoisotopic (exact) mass is 518 g/mol. The molecule has 6 heteroatoms. The van der Waals surface area contributed by atoms with Gasteiger partial charge in [-0.25, -0.2) is 4.79 Å². The predicted octanol–water partition coefficient (Wildman–Crippen LogP) is 6.73. The van der Waals surface area contributed by atoms with Gasteiger partial charge in [0.1, 0.15) is 5.60 Å². The second kappa shape index (κ2) is 11.6. The van der Waals surface area contributed by atoms with Crippen LogP contribution in [0.15, 0.2) is 77.1 Å². The molecule has 2 aromatic rings. The fourth-order valence-corrected chi connectivity index (χ4v) is 5.21. The summed E-state index contributed by atoms with van der Waals surface area (Å²) in [5.41, 5.74) is 3.67. The van der Waals surface area contributed by atoms with Gasteiger partial charge in [0.15, 0.2) is 0 Å². The first-order valence-electron chi connectivity index (χ1n) is 13.3. The third-order valence-corrected chi connectivity index (χ3v) is 7.28. The number of benzene rings is 1. The fourth-order valence-electron chi connectivity index (χ4n) is 5.21. The van der Waals surface area contributed by atoms with E-state index in [4.69, 9.17) is 4.74 Å². The molecule has 2 unspecified atom stereocenters. The van der Waals surface area contributed by atoms with Crippen LogP contribution in [-0.2, 0) is 11.3 Å². The number of rotatable bonds is 9. The lowest BCUT2D eigenvalue weighted by Crippen LogP contribution is -2.53. The number of hydrogen-bond donors (Lipinski definition) is 1. The molecule has 0 bridgehead atoms. The van der Waals surface area contributed by atoms with Crippen LogP contribution in [0.2, 0.25) is 0 Å². The number of amides is 1. The molecule has 1 N–H and O–H groups in total. The molecule has 2 atom stereocenters. The van der Waals surface area contributed by atoms with Crippen molar-refractivity contribution in [3.05, 3.63) is 94.0 Å². The van der Waals surface area contributed by atoms with Crippen LogP contribution in [0, 0.1) is 6.92 Å². The van der Waals surface area contributed by atoms with Gasteiger partial charge >= 0.3 is 6.09 Å². The summed E-state index contributed by atoms with van der Waals surface area (Å²) in [6.45, 7) is 18.3. The van der Waals surface area contributed by atoms with Crippen molar-refractivity contribution in [2.45, 2.75) is 85.1 Å². The third kappa shape index (κ3) is 6.73. The van der Waals surface area contributed by atoms with E-state index >= 15 is 0 Å². The standard InChI is InChI=1S/C32H42N2O4/c1-9-33-24(5)19-28(20-29(33)35)27-15-13-26(14-16-27)25(6)34-18-17-32(38-30(34)36,21-31(7,8)37)23(4)12-10-11-22(2)3/h10-16,19-20,25,37H,2,9,17-18,21H2,1,3-8H3. The van der Waals surface area contributed by atoms with Gasteiger partial charge in [0.05, 0.1) is 11.6 Å². The first-order chi connectivity index (χ1) is 17.8. The first kappa shape index (κ1) is 29.2. The molecule has 1 aliphatic heterocycles. The van der Waals surface area contributed by atoms with Crippen LogP contribution in [0.3, 0.4) is 0 Å². The minimum absolute atomic E-state index is 0.00925. The molecule has 1 saturated heterocycles. The average Bonchev–Trinajstić information content (AvgIpc) is 2.82. The molecule has 0 spiro atoms. The molecule has 1 amide bonds. The smallest absolute Gasteiger partial charge is 0.411 e. The van der Waals surface area contributed by atoms with E-state index in [2.05, 4.69) is 6.58 Å². The number of carbonyl (C=O) groups excluding carboxylic acids is 1. The summed E-state index contributed by atoms with van der Waals surface area (Å²) in [4.78, 5) is 27.5. The maximum Gasteiger partial charge on any atom is 0.411 e. The fraction of sp³-hybridized carbons (Fsp3) is 0.438. The van der Waals surface area contributed by atoms with Crippen molar-refractivity contribution in [3.8, 4) is 11.1 Å². The molecule has 1 aromatic heterocycles. The van der Waals surface area contributed by atoms with Crippen molar-refractivity contribution in [2.75, 3.05) is 6.54 Å². The van der Waals surface area contributed by atoms with Crippen molar-refractivity contribution >= 4 is 6.09 Å². The molecule has 38 heavy (non-hydrogen) atoms. The summed E-state index contributed by atoms with van der Waals surface area (Å²) >= 11 is 0. The molecule has 0 aliphatic carbocycles. The van der Waals surface area contributed by atoms with Crippen molar-refractivity contribution in [2.24, 2.45) is 0 Å². The lowest BCUT2D eigenvalue weighted by atomic mass is 9.80. The zero-order chi connectivity index (χ0) is 28.3. The second-order valence-corrected chi connectivity index (χ2v) is 11.1. The molecular formula is C32H42N2O4. The van der Waals surface area contributed by atoms with Gasteiger partial charge in [-0.15, -0.1) is 0 Å². The molecule has 0 saturated carbocycles. The van der Waals surface area contributed by atoms with E-state index in [1.165, 1.54) is 0 Å². The van der Waals surface area contributed by atoms with E-state index in [9.17, 15) is 14.7 Å². The van der Waals surface area contributed by atoms with Gasteiger partial charge in [0.25, 0.3) is 5.56 Å². The van der Waals surface area contributed by atoms with Crippen LogP contribution in [0.4, 0.5) is 4.79 Å². The van der Waals surface area contributed by atoms with Crippen LogP contribution in [0.5, 0.6) is 0 Å². The third-order valence-electron chi connectivity index (χ3n) is 7.28. The van der Waals surface area contributed by atoms with E-state index in [1.807, 2.05) is 83.2 Å². The Morgan fingerprint density at radius 1 is 1.18 bits per heavy atom. The van der Waals surface area contributed by atoms with Crippen LogP contribution in [-0.4, -0.2) is 38.4 Å². The van der Waals surface area contributed by atoms with Crippen molar-refractivity contribution in [1.29, 1.82) is 0 Å². The molecule has 1 fully saturated rings. The van der Waals surface area contributed by atoms with E-state index in [-0.39, 0.29) is 11.6 Å². The average molecular weight is 519 g/mol. The van der Waals surface area contributed by atoms with Crippen molar-refractivity contribution in [3.63, 3.8) is 0 Å². The van der Waals surface area contributed by atoms with Crippen LogP contribution in [0.25, 0.3) is 11.1 Å². The topological polar surface area (TPSA) is 71.8 Å². The minimum atomic E-state index is -1.01. The maximum absolute atomic E-state index is 13.3. The van der Waals surface area contributed by atoms with Crippen LogP contribution >= 0.6 is 0 Å². The summed E-state index contributed by atoms with van der Waals surface area (Å²) < 4.78 is 7.87. The summed E-state index contributed by atoms with van der Waals surface area (Å²) in [5, 5.41) is 10.6. The normalized spacial score (nSPS) is 19.5. The highest BCUT2D eigenvalue weighted by Gasteiger charge is 2.46. The van der Waals surface area contributed by atoms with Gasteiger partial charge in [-0.3, -0.25) is 4.79 Å². The zero-order valence-corrected chi connectivity index (χ0v) is 23.9. The molecular weight excluding hydrogens is 476 g/mol. The Balaban J connectivity index is 1.82. The van der Waals surface area contributed by atoms with Gasteiger partial charge in [-0.1, -0.05) is 54.6 Å². The SMILES string of the molecule is C=C(C)C=CC=C(C)C1(CC(C)(C)O)CCN(C(C)c2ccc(-c3cc(C)n(CC)c(=O)c3)cc2)C(=O)O1. The van der Waals surface area contributed by atoms with E-state index < -0.39 is 17.3 Å². The van der Waals surface area contributed by atoms with E-state index in [0.29, 0.717) is 25.9 Å². The van der Waals surface area contributed by atoms with Gasteiger partial charge in [-0.05, 0) is 76.8 Å². The Morgan fingerprint density at radius 2 is 1.84 bits per heavy atom. The number of aliphatic hydroxyl groups is 1. The number of cyclic esters (lactones) is 1. The highest BCUT2D eigenvalue weighted by molar-refractivity contribution is 5.71. The molecule has 3 rings (SSSR count). The summed E-state index contributed by atoms with van der Waals surface area (Å²) in [7, 11) is 0. The molecule has 2 heterocycles. The molecule has 1 aromatic carbocycles. The van der Waals surface area contributed by atoms with Gasteiger partial charge in [0.2, 0.25) is 0 Å². The number of aryl methyl sites for hydroxylation is 1. The van der Waals surface area contributed by atoms with Crippen molar-refractivity contribution in [1.82, 2.24) is 9.47 Å².